The fraction of sp³-hybridized carbons (Fsp3) is 0.474. The molecule has 0 bridgehead atoms. The first-order valence-corrected chi connectivity index (χ1v) is 8.35. The SMILES string of the molecule is CCC(C)N(C(=O)c1c(-c2ccccc2)noc1C)C(C)CC. The van der Waals surface area contributed by atoms with E-state index in [9.17, 15) is 4.79 Å². The molecule has 0 aliphatic heterocycles. The highest BCUT2D eigenvalue weighted by molar-refractivity contribution is 6.01. The molecule has 2 unspecified atom stereocenters. The molecule has 4 heteroatoms. The van der Waals surface area contributed by atoms with Gasteiger partial charge in [0.1, 0.15) is 17.0 Å². The van der Waals surface area contributed by atoms with Crippen molar-refractivity contribution in [3.63, 3.8) is 0 Å². The van der Waals surface area contributed by atoms with E-state index in [-0.39, 0.29) is 18.0 Å². The van der Waals surface area contributed by atoms with Crippen molar-refractivity contribution in [2.45, 2.75) is 59.5 Å². The molecule has 4 nitrogen and oxygen atoms in total. The molecule has 124 valence electrons. The van der Waals surface area contributed by atoms with Gasteiger partial charge >= 0.3 is 0 Å². The third kappa shape index (κ3) is 3.46. The predicted octanol–water partition coefficient (Wildman–Crippen LogP) is 4.69. The number of rotatable bonds is 6. The van der Waals surface area contributed by atoms with E-state index in [1.807, 2.05) is 35.2 Å². The van der Waals surface area contributed by atoms with E-state index >= 15 is 0 Å². The number of nitrogens with zero attached hydrogens (tertiary/aromatic N) is 2. The molecule has 0 aliphatic rings. The number of amides is 1. The minimum absolute atomic E-state index is 0.00584. The molecule has 0 saturated carbocycles. The van der Waals surface area contributed by atoms with E-state index < -0.39 is 0 Å². The van der Waals surface area contributed by atoms with E-state index in [1.54, 1.807) is 6.92 Å². The summed E-state index contributed by atoms with van der Waals surface area (Å²) in [5.74, 6) is 0.580. The summed E-state index contributed by atoms with van der Waals surface area (Å²) in [5, 5.41) is 4.14. The molecule has 1 amide bonds. The number of carbonyl (C=O) groups is 1. The van der Waals surface area contributed by atoms with Gasteiger partial charge < -0.3 is 9.42 Å². The van der Waals surface area contributed by atoms with Crippen LogP contribution in [0.25, 0.3) is 11.3 Å². The average Bonchev–Trinajstić information content (AvgIpc) is 2.96. The zero-order valence-electron chi connectivity index (χ0n) is 14.7. The lowest BCUT2D eigenvalue weighted by Gasteiger charge is -2.34. The lowest BCUT2D eigenvalue weighted by atomic mass is 10.0. The summed E-state index contributed by atoms with van der Waals surface area (Å²) in [7, 11) is 0. The first-order valence-electron chi connectivity index (χ1n) is 8.35. The maximum absolute atomic E-state index is 13.2. The highest BCUT2D eigenvalue weighted by Crippen LogP contribution is 2.28. The van der Waals surface area contributed by atoms with Crippen molar-refractivity contribution in [2.24, 2.45) is 0 Å². The summed E-state index contributed by atoms with van der Waals surface area (Å²) in [4.78, 5) is 15.2. The third-order valence-electron chi connectivity index (χ3n) is 4.49. The van der Waals surface area contributed by atoms with Crippen molar-refractivity contribution in [1.29, 1.82) is 0 Å². The molecular formula is C19H26N2O2. The zero-order chi connectivity index (χ0) is 17.0. The maximum Gasteiger partial charge on any atom is 0.260 e. The van der Waals surface area contributed by atoms with Crippen LogP contribution < -0.4 is 0 Å². The normalized spacial score (nSPS) is 13.6. The summed E-state index contributed by atoms with van der Waals surface area (Å²) < 4.78 is 5.35. The van der Waals surface area contributed by atoms with E-state index in [2.05, 4.69) is 32.9 Å². The third-order valence-corrected chi connectivity index (χ3v) is 4.49. The highest BCUT2D eigenvalue weighted by atomic mass is 16.5. The van der Waals surface area contributed by atoms with Gasteiger partial charge in [0.05, 0.1) is 0 Å². The van der Waals surface area contributed by atoms with Crippen LogP contribution >= 0.6 is 0 Å². The Hall–Kier alpha value is -2.10. The van der Waals surface area contributed by atoms with Crippen molar-refractivity contribution in [3.05, 3.63) is 41.7 Å². The summed E-state index contributed by atoms with van der Waals surface area (Å²) in [6.45, 7) is 10.2. The van der Waals surface area contributed by atoms with Crippen LogP contribution in [-0.2, 0) is 0 Å². The molecule has 23 heavy (non-hydrogen) atoms. The largest absolute Gasteiger partial charge is 0.360 e. The Morgan fingerprint density at radius 1 is 1.13 bits per heavy atom. The van der Waals surface area contributed by atoms with Crippen LogP contribution in [0.2, 0.25) is 0 Å². The van der Waals surface area contributed by atoms with Crippen molar-refractivity contribution in [1.82, 2.24) is 10.1 Å². The van der Waals surface area contributed by atoms with Gasteiger partial charge in [0.25, 0.3) is 5.91 Å². The van der Waals surface area contributed by atoms with Crippen LogP contribution in [0.15, 0.2) is 34.9 Å². The summed E-state index contributed by atoms with van der Waals surface area (Å²) in [6, 6.07) is 10.1. The second-order valence-electron chi connectivity index (χ2n) is 6.06. The predicted molar refractivity (Wildman–Crippen MR) is 92.4 cm³/mol. The monoisotopic (exact) mass is 314 g/mol. The van der Waals surface area contributed by atoms with Gasteiger partial charge in [-0.2, -0.15) is 0 Å². The Morgan fingerprint density at radius 2 is 1.70 bits per heavy atom. The maximum atomic E-state index is 13.2. The number of hydrogen-bond acceptors (Lipinski definition) is 3. The number of hydrogen-bond donors (Lipinski definition) is 0. The van der Waals surface area contributed by atoms with E-state index in [1.165, 1.54) is 0 Å². The zero-order valence-corrected chi connectivity index (χ0v) is 14.7. The summed E-state index contributed by atoms with van der Waals surface area (Å²) in [6.07, 6.45) is 1.84. The number of aryl methyl sites for hydroxylation is 1. The fourth-order valence-corrected chi connectivity index (χ4v) is 2.77. The number of carbonyl (C=O) groups excluding carboxylic acids is 1. The molecule has 2 atom stereocenters. The van der Waals surface area contributed by atoms with Gasteiger partial charge in [-0.15, -0.1) is 0 Å². The number of aromatic nitrogens is 1. The topological polar surface area (TPSA) is 46.3 Å². The van der Waals surface area contributed by atoms with Crippen LogP contribution in [0.5, 0.6) is 0 Å². The van der Waals surface area contributed by atoms with Gasteiger partial charge in [-0.1, -0.05) is 49.3 Å². The van der Waals surface area contributed by atoms with Crippen molar-refractivity contribution >= 4 is 5.91 Å². The Labute approximate surface area is 138 Å². The van der Waals surface area contributed by atoms with Crippen molar-refractivity contribution < 1.29 is 9.32 Å². The second kappa shape index (κ2) is 7.44. The second-order valence-corrected chi connectivity index (χ2v) is 6.06. The van der Waals surface area contributed by atoms with Gasteiger partial charge in [-0.3, -0.25) is 4.79 Å². The molecule has 1 aromatic carbocycles. The minimum atomic E-state index is 0.00584. The minimum Gasteiger partial charge on any atom is -0.360 e. The lowest BCUT2D eigenvalue weighted by Crippen LogP contribution is -2.44. The Kier molecular flexibility index (Phi) is 5.59. The molecule has 0 spiro atoms. The number of benzene rings is 1. The Balaban J connectivity index is 2.48. The van der Waals surface area contributed by atoms with Gasteiger partial charge in [0.2, 0.25) is 0 Å². The highest BCUT2D eigenvalue weighted by Gasteiger charge is 2.30. The molecule has 1 heterocycles. The molecular weight excluding hydrogens is 288 g/mol. The molecule has 1 aromatic heterocycles. The standard InChI is InChI=1S/C19H26N2O2/c1-6-13(3)21(14(4)7-2)19(22)17-15(5)23-20-18(17)16-11-9-8-10-12-16/h8-14H,6-7H2,1-5H3. The van der Waals surface area contributed by atoms with Crippen LogP contribution in [0.1, 0.15) is 56.7 Å². The van der Waals surface area contributed by atoms with E-state index in [0.29, 0.717) is 17.0 Å². The van der Waals surface area contributed by atoms with Crippen molar-refractivity contribution in [3.8, 4) is 11.3 Å². The summed E-state index contributed by atoms with van der Waals surface area (Å²) in [5.41, 5.74) is 2.11. The van der Waals surface area contributed by atoms with Gasteiger partial charge in [0.15, 0.2) is 0 Å². The summed E-state index contributed by atoms with van der Waals surface area (Å²) >= 11 is 0. The van der Waals surface area contributed by atoms with Gasteiger partial charge in [0, 0.05) is 17.6 Å². The molecule has 0 radical (unpaired) electrons. The van der Waals surface area contributed by atoms with Gasteiger partial charge in [-0.05, 0) is 33.6 Å². The molecule has 2 rings (SSSR count). The van der Waals surface area contributed by atoms with Crippen molar-refractivity contribution in [2.75, 3.05) is 0 Å². The Bertz CT molecular complexity index is 639. The van der Waals surface area contributed by atoms with E-state index in [4.69, 9.17) is 4.52 Å². The first-order chi connectivity index (χ1) is 11.0. The Morgan fingerprint density at radius 3 is 2.22 bits per heavy atom. The molecule has 2 aromatic rings. The molecule has 0 fully saturated rings. The smallest absolute Gasteiger partial charge is 0.260 e. The fourth-order valence-electron chi connectivity index (χ4n) is 2.77. The quantitative estimate of drug-likeness (QED) is 0.777. The van der Waals surface area contributed by atoms with Crippen LogP contribution in [0.4, 0.5) is 0 Å². The van der Waals surface area contributed by atoms with E-state index in [0.717, 1.165) is 18.4 Å². The van der Waals surface area contributed by atoms with Crippen LogP contribution in [0, 0.1) is 6.92 Å². The lowest BCUT2D eigenvalue weighted by molar-refractivity contribution is 0.0597. The molecule has 0 saturated heterocycles. The molecule has 0 N–H and O–H groups in total. The van der Waals surface area contributed by atoms with Crippen LogP contribution in [0.3, 0.4) is 0 Å². The van der Waals surface area contributed by atoms with Gasteiger partial charge in [-0.25, -0.2) is 0 Å². The first kappa shape index (κ1) is 17.3. The average molecular weight is 314 g/mol. The molecule has 0 aliphatic carbocycles. The van der Waals surface area contributed by atoms with Crippen LogP contribution in [-0.4, -0.2) is 28.0 Å².